The minimum atomic E-state index is -0.692. The molecule has 1 atom stereocenters. The summed E-state index contributed by atoms with van der Waals surface area (Å²) < 4.78 is 6.43. The average Bonchev–Trinajstić information content (AvgIpc) is 2.67. The number of ether oxygens (including phenoxy) is 1. The van der Waals surface area contributed by atoms with Crippen LogP contribution in [0.2, 0.25) is 0 Å². The number of carbonyl (C=O) groups is 1. The van der Waals surface area contributed by atoms with Crippen LogP contribution in [0.25, 0.3) is 10.2 Å². The van der Waals surface area contributed by atoms with Crippen molar-refractivity contribution in [2.75, 3.05) is 6.26 Å². The largest absolute Gasteiger partial charge is 0.446 e. The van der Waals surface area contributed by atoms with Crippen molar-refractivity contribution in [2.45, 2.75) is 5.44 Å². The van der Waals surface area contributed by atoms with Crippen molar-refractivity contribution in [2.24, 2.45) is 0 Å². The topological polar surface area (TPSA) is 39.2 Å². The van der Waals surface area contributed by atoms with Crippen molar-refractivity contribution in [3.05, 3.63) is 24.3 Å². The predicted molar refractivity (Wildman–Crippen MR) is 68.4 cm³/mol. The van der Waals surface area contributed by atoms with Crippen LogP contribution in [0.4, 0.5) is 0 Å². The summed E-state index contributed by atoms with van der Waals surface area (Å²) in [7, 11) is 0. The Balaban J connectivity index is 2.24. The first-order valence-electron chi connectivity index (χ1n) is 4.45. The van der Waals surface area contributed by atoms with Crippen molar-refractivity contribution in [3.63, 3.8) is 0 Å². The number of hydrogen-bond acceptors (Lipinski definition) is 5. The molecule has 0 fully saturated rings. The van der Waals surface area contributed by atoms with Crippen LogP contribution in [0, 0.1) is 0 Å². The van der Waals surface area contributed by atoms with Gasteiger partial charge in [0.1, 0.15) is 0 Å². The quantitative estimate of drug-likeness (QED) is 0.634. The van der Waals surface area contributed by atoms with E-state index in [4.69, 9.17) is 16.3 Å². The molecule has 0 saturated carbocycles. The van der Waals surface area contributed by atoms with Gasteiger partial charge in [0.15, 0.2) is 0 Å². The van der Waals surface area contributed by atoms with Crippen molar-refractivity contribution in [1.29, 1.82) is 0 Å². The van der Waals surface area contributed by atoms with Crippen LogP contribution < -0.4 is 4.74 Å². The highest BCUT2D eigenvalue weighted by Crippen LogP contribution is 2.29. The molecule has 0 saturated heterocycles. The number of para-hydroxylation sites is 1. The van der Waals surface area contributed by atoms with Crippen molar-refractivity contribution >= 4 is 50.2 Å². The lowest BCUT2D eigenvalue weighted by Crippen LogP contribution is -2.18. The predicted octanol–water partition coefficient (Wildman–Crippen LogP) is 3.13. The molecule has 2 rings (SSSR count). The molecule has 3 nitrogen and oxygen atoms in total. The van der Waals surface area contributed by atoms with Gasteiger partial charge in [-0.2, -0.15) is 0 Å². The Bertz CT molecular complexity index is 481. The molecule has 6 heteroatoms. The van der Waals surface area contributed by atoms with Gasteiger partial charge in [0.25, 0.3) is 10.4 Å². The Morgan fingerprint density at radius 2 is 2.31 bits per heavy atom. The molecule has 0 aliphatic heterocycles. The Morgan fingerprint density at radius 1 is 1.56 bits per heavy atom. The molecule has 1 aromatic carbocycles. The number of carbonyl (C=O) groups excluding carboxylic acids is 1. The van der Waals surface area contributed by atoms with E-state index in [1.807, 2.05) is 24.3 Å². The van der Waals surface area contributed by atoms with Gasteiger partial charge in [0.2, 0.25) is 5.44 Å². The third-order valence-electron chi connectivity index (χ3n) is 1.88. The molecule has 0 spiro atoms. The van der Waals surface area contributed by atoms with Gasteiger partial charge in [-0.25, -0.2) is 4.98 Å². The number of halogens is 1. The van der Waals surface area contributed by atoms with Crippen molar-refractivity contribution in [3.8, 4) is 5.19 Å². The van der Waals surface area contributed by atoms with Crippen LogP contribution >= 0.6 is 34.7 Å². The summed E-state index contributed by atoms with van der Waals surface area (Å²) in [4.78, 5) is 15.2. The van der Waals surface area contributed by atoms with Gasteiger partial charge in [-0.15, -0.1) is 11.8 Å². The van der Waals surface area contributed by atoms with Crippen molar-refractivity contribution in [1.82, 2.24) is 4.98 Å². The summed E-state index contributed by atoms with van der Waals surface area (Å²) in [5.74, 6) is 0. The maximum Gasteiger partial charge on any atom is 0.275 e. The molecular formula is C10H8ClNO2S2. The normalized spacial score (nSPS) is 12.6. The maximum absolute atomic E-state index is 11.0. The van der Waals surface area contributed by atoms with Crippen LogP contribution in [0.1, 0.15) is 0 Å². The second kappa shape index (κ2) is 5.03. The Labute approximate surface area is 106 Å². The molecule has 1 heterocycles. The second-order valence-electron chi connectivity index (χ2n) is 2.94. The molecule has 84 valence electrons. The van der Waals surface area contributed by atoms with E-state index < -0.39 is 10.7 Å². The molecule has 0 aliphatic rings. The lowest BCUT2D eigenvalue weighted by Gasteiger charge is -2.08. The van der Waals surface area contributed by atoms with Crippen LogP contribution in [0.5, 0.6) is 5.19 Å². The summed E-state index contributed by atoms with van der Waals surface area (Å²) in [6.07, 6.45) is 1.76. The minimum Gasteiger partial charge on any atom is -0.446 e. The fraction of sp³-hybridized carbons (Fsp3) is 0.200. The zero-order valence-electron chi connectivity index (χ0n) is 8.34. The van der Waals surface area contributed by atoms with Gasteiger partial charge in [-0.05, 0) is 30.0 Å². The fourth-order valence-corrected chi connectivity index (χ4v) is 2.77. The molecule has 0 bridgehead atoms. The van der Waals surface area contributed by atoms with E-state index in [0.717, 1.165) is 10.2 Å². The number of thiazole rings is 1. The molecule has 1 unspecified atom stereocenters. The highest BCUT2D eigenvalue weighted by molar-refractivity contribution is 7.99. The lowest BCUT2D eigenvalue weighted by atomic mass is 10.3. The van der Waals surface area contributed by atoms with Crippen LogP contribution in [-0.2, 0) is 4.79 Å². The number of hydrogen-bond donors (Lipinski definition) is 0. The van der Waals surface area contributed by atoms with Gasteiger partial charge in [-0.3, -0.25) is 4.79 Å². The maximum atomic E-state index is 11.0. The third-order valence-corrected chi connectivity index (χ3v) is 3.87. The standard InChI is InChI=1S/C10H8ClNO2S2/c1-15-9(8(11)13)14-10-12-6-4-2-3-5-7(6)16-10/h2-5,9H,1H3. The summed E-state index contributed by atoms with van der Waals surface area (Å²) in [5, 5.41) is -0.0543. The molecule has 0 amide bonds. The molecule has 1 aromatic heterocycles. The SMILES string of the molecule is CSC(Oc1nc2ccccc2s1)C(=O)Cl. The van der Waals surface area contributed by atoms with E-state index >= 15 is 0 Å². The fourth-order valence-electron chi connectivity index (χ4n) is 1.18. The van der Waals surface area contributed by atoms with Crippen LogP contribution in [-0.4, -0.2) is 21.9 Å². The number of fused-ring (bicyclic) bond motifs is 1. The van der Waals surface area contributed by atoms with Gasteiger partial charge >= 0.3 is 0 Å². The third kappa shape index (κ3) is 2.48. The Kier molecular flexibility index (Phi) is 3.68. The number of thioether (sulfide) groups is 1. The minimum absolute atomic E-state index is 0.467. The first-order valence-corrected chi connectivity index (χ1v) is 6.93. The van der Waals surface area contributed by atoms with E-state index in [-0.39, 0.29) is 0 Å². The first-order chi connectivity index (χ1) is 7.70. The molecule has 2 aromatic rings. The van der Waals surface area contributed by atoms with Gasteiger partial charge in [-0.1, -0.05) is 23.5 Å². The summed E-state index contributed by atoms with van der Waals surface area (Å²) >= 11 is 8.03. The average molecular weight is 274 g/mol. The molecule has 0 N–H and O–H groups in total. The van der Waals surface area contributed by atoms with Crippen LogP contribution in [0.15, 0.2) is 24.3 Å². The summed E-state index contributed by atoms with van der Waals surface area (Å²) in [6.45, 7) is 0. The number of aromatic nitrogens is 1. The monoisotopic (exact) mass is 273 g/mol. The molecule has 0 aliphatic carbocycles. The zero-order chi connectivity index (χ0) is 11.5. The van der Waals surface area contributed by atoms with Crippen LogP contribution in [0.3, 0.4) is 0 Å². The zero-order valence-corrected chi connectivity index (χ0v) is 10.7. The molecule has 0 radical (unpaired) electrons. The lowest BCUT2D eigenvalue weighted by molar-refractivity contribution is -0.114. The summed E-state index contributed by atoms with van der Waals surface area (Å²) in [5.41, 5.74) is 0.173. The smallest absolute Gasteiger partial charge is 0.275 e. The van der Waals surface area contributed by atoms with E-state index in [9.17, 15) is 4.79 Å². The number of benzene rings is 1. The molecule has 16 heavy (non-hydrogen) atoms. The molecular weight excluding hydrogens is 266 g/mol. The van der Waals surface area contributed by atoms with E-state index in [1.165, 1.54) is 23.1 Å². The van der Waals surface area contributed by atoms with Gasteiger partial charge in [0, 0.05) is 0 Å². The Morgan fingerprint density at radius 3 is 2.94 bits per heavy atom. The van der Waals surface area contributed by atoms with E-state index in [1.54, 1.807) is 6.26 Å². The van der Waals surface area contributed by atoms with Crippen molar-refractivity contribution < 1.29 is 9.53 Å². The van der Waals surface area contributed by atoms with Gasteiger partial charge in [0.05, 0.1) is 10.2 Å². The van der Waals surface area contributed by atoms with E-state index in [2.05, 4.69) is 4.98 Å². The Hall–Kier alpha value is -0.780. The highest BCUT2D eigenvalue weighted by Gasteiger charge is 2.18. The van der Waals surface area contributed by atoms with Gasteiger partial charge < -0.3 is 4.74 Å². The number of nitrogens with zero attached hydrogens (tertiary/aromatic N) is 1. The first kappa shape index (κ1) is 11.7. The highest BCUT2D eigenvalue weighted by atomic mass is 35.5. The van der Waals surface area contributed by atoms with E-state index in [0.29, 0.717) is 5.19 Å². The second-order valence-corrected chi connectivity index (χ2v) is 5.20. The summed E-state index contributed by atoms with van der Waals surface area (Å²) in [6, 6.07) is 7.69. The number of rotatable bonds is 4.